The van der Waals surface area contributed by atoms with Gasteiger partial charge in [0.25, 0.3) is 0 Å². The molecule has 0 unspecified atom stereocenters. The van der Waals surface area contributed by atoms with Crippen LogP contribution in [0.2, 0.25) is 0 Å². The Morgan fingerprint density at radius 3 is 2.58 bits per heavy atom. The highest BCUT2D eigenvalue weighted by atomic mass is 16.5. The number of hydrogen-bond acceptors (Lipinski definition) is 4. The van der Waals surface area contributed by atoms with Crippen LogP contribution in [0.4, 0.5) is 0 Å². The molecule has 5 heteroatoms. The molecule has 98 valence electrons. The lowest BCUT2D eigenvalue weighted by molar-refractivity contribution is 0.0696. The van der Waals surface area contributed by atoms with Gasteiger partial charge in [-0.1, -0.05) is 0 Å². The first-order chi connectivity index (χ1) is 9.04. The highest BCUT2D eigenvalue weighted by Crippen LogP contribution is 2.27. The van der Waals surface area contributed by atoms with Crippen LogP contribution in [-0.4, -0.2) is 28.2 Å². The maximum Gasteiger partial charge on any atom is 0.339 e. The first-order valence-corrected chi connectivity index (χ1v) is 5.74. The van der Waals surface area contributed by atoms with Gasteiger partial charge in [0.05, 0.1) is 18.5 Å². The number of carboxylic acids is 1. The average molecular weight is 258 g/mol. The van der Waals surface area contributed by atoms with Crippen molar-refractivity contribution in [1.29, 1.82) is 0 Å². The van der Waals surface area contributed by atoms with Gasteiger partial charge in [0.1, 0.15) is 17.6 Å². The number of carbonyl (C=O) groups is 1. The molecule has 1 N–H and O–H groups in total. The predicted octanol–water partition coefficient (Wildman–Crippen LogP) is 2.47. The fraction of sp³-hybridized carbons (Fsp3) is 0.214. The van der Waals surface area contributed by atoms with Crippen molar-refractivity contribution < 1.29 is 14.6 Å². The van der Waals surface area contributed by atoms with E-state index in [0.717, 1.165) is 16.9 Å². The molecule has 0 saturated carbocycles. The summed E-state index contributed by atoms with van der Waals surface area (Å²) in [4.78, 5) is 19.3. The van der Waals surface area contributed by atoms with Crippen LogP contribution in [0, 0.1) is 13.8 Å². The summed E-state index contributed by atoms with van der Waals surface area (Å²) in [6.45, 7) is 3.56. The van der Waals surface area contributed by atoms with Crippen LogP contribution in [0.5, 0.6) is 5.75 Å². The quantitative estimate of drug-likeness (QED) is 0.915. The standard InChI is InChI=1S/C14H14N2O3/c1-8-6-10(4-5-11(8)19-3)13-12(14(17)18)9(2)15-7-16-13/h4-7H,1-3H3,(H,17,18). The van der Waals surface area contributed by atoms with E-state index in [1.54, 1.807) is 26.2 Å². The van der Waals surface area contributed by atoms with Crippen LogP contribution in [0.1, 0.15) is 21.6 Å². The molecular weight excluding hydrogens is 244 g/mol. The molecule has 1 aromatic heterocycles. The first kappa shape index (κ1) is 13.0. The molecule has 2 rings (SSSR count). The number of benzene rings is 1. The van der Waals surface area contributed by atoms with Crippen LogP contribution in [0.15, 0.2) is 24.5 Å². The molecule has 0 atom stereocenters. The Kier molecular flexibility index (Phi) is 3.46. The van der Waals surface area contributed by atoms with Gasteiger partial charge in [-0.25, -0.2) is 14.8 Å². The maximum absolute atomic E-state index is 11.3. The summed E-state index contributed by atoms with van der Waals surface area (Å²) in [5.41, 5.74) is 2.66. The molecule has 1 heterocycles. The van der Waals surface area contributed by atoms with Crippen molar-refractivity contribution >= 4 is 5.97 Å². The van der Waals surface area contributed by atoms with E-state index in [1.807, 2.05) is 13.0 Å². The topological polar surface area (TPSA) is 72.3 Å². The molecule has 19 heavy (non-hydrogen) atoms. The van der Waals surface area contributed by atoms with Gasteiger partial charge in [-0.15, -0.1) is 0 Å². The Hall–Kier alpha value is -2.43. The lowest BCUT2D eigenvalue weighted by atomic mass is 10.0. The van der Waals surface area contributed by atoms with Gasteiger partial charge >= 0.3 is 5.97 Å². The van der Waals surface area contributed by atoms with E-state index in [1.165, 1.54) is 6.33 Å². The van der Waals surface area contributed by atoms with Crippen LogP contribution >= 0.6 is 0 Å². The molecule has 0 bridgehead atoms. The summed E-state index contributed by atoms with van der Waals surface area (Å²) in [5.74, 6) is -0.270. The summed E-state index contributed by atoms with van der Waals surface area (Å²) < 4.78 is 5.19. The van der Waals surface area contributed by atoms with E-state index in [9.17, 15) is 9.90 Å². The SMILES string of the molecule is COc1ccc(-c2ncnc(C)c2C(=O)O)cc1C. The number of rotatable bonds is 3. The number of aryl methyl sites for hydroxylation is 2. The van der Waals surface area contributed by atoms with Crippen molar-refractivity contribution in [3.8, 4) is 17.0 Å². The normalized spacial score (nSPS) is 10.3. The van der Waals surface area contributed by atoms with Crippen LogP contribution in [0.25, 0.3) is 11.3 Å². The molecule has 0 fully saturated rings. The monoisotopic (exact) mass is 258 g/mol. The van der Waals surface area contributed by atoms with Crippen molar-refractivity contribution in [2.45, 2.75) is 13.8 Å². The van der Waals surface area contributed by atoms with Crippen LogP contribution < -0.4 is 4.74 Å². The minimum Gasteiger partial charge on any atom is -0.496 e. The summed E-state index contributed by atoms with van der Waals surface area (Å²) in [7, 11) is 1.60. The minimum atomic E-state index is -1.03. The molecule has 0 amide bonds. The molecule has 5 nitrogen and oxygen atoms in total. The van der Waals surface area contributed by atoms with Crippen molar-refractivity contribution in [1.82, 2.24) is 9.97 Å². The Bertz CT molecular complexity index is 639. The molecule has 0 saturated heterocycles. The van der Waals surface area contributed by atoms with Crippen molar-refractivity contribution in [2.75, 3.05) is 7.11 Å². The third kappa shape index (κ3) is 2.40. The zero-order valence-corrected chi connectivity index (χ0v) is 11.0. The number of aromatic nitrogens is 2. The van der Waals surface area contributed by atoms with E-state index < -0.39 is 5.97 Å². The number of carboxylic acid groups (broad SMARTS) is 1. The maximum atomic E-state index is 11.3. The van der Waals surface area contributed by atoms with E-state index in [0.29, 0.717) is 11.4 Å². The minimum absolute atomic E-state index is 0.132. The third-order valence-electron chi connectivity index (χ3n) is 2.92. The smallest absolute Gasteiger partial charge is 0.339 e. The molecule has 0 aliphatic rings. The molecule has 0 aliphatic carbocycles. The van der Waals surface area contributed by atoms with E-state index in [2.05, 4.69) is 9.97 Å². The number of hydrogen-bond donors (Lipinski definition) is 1. The Labute approximate surface area is 110 Å². The van der Waals surface area contributed by atoms with Gasteiger partial charge in [0, 0.05) is 5.56 Å². The average Bonchev–Trinajstić information content (AvgIpc) is 2.37. The Morgan fingerprint density at radius 2 is 2.00 bits per heavy atom. The summed E-state index contributed by atoms with van der Waals surface area (Å²) in [6, 6.07) is 5.45. The van der Waals surface area contributed by atoms with Crippen LogP contribution in [-0.2, 0) is 0 Å². The second kappa shape index (κ2) is 5.06. The third-order valence-corrected chi connectivity index (χ3v) is 2.92. The molecule has 0 radical (unpaired) electrons. The van der Waals surface area contributed by atoms with Gasteiger partial charge in [-0.05, 0) is 37.6 Å². The molecule has 0 spiro atoms. The Morgan fingerprint density at radius 1 is 1.26 bits per heavy atom. The van der Waals surface area contributed by atoms with E-state index in [-0.39, 0.29) is 5.56 Å². The van der Waals surface area contributed by atoms with Crippen LogP contribution in [0.3, 0.4) is 0 Å². The van der Waals surface area contributed by atoms with Crippen molar-refractivity contribution in [2.24, 2.45) is 0 Å². The van der Waals surface area contributed by atoms with E-state index >= 15 is 0 Å². The largest absolute Gasteiger partial charge is 0.496 e. The molecule has 0 aliphatic heterocycles. The summed E-state index contributed by atoms with van der Waals surface area (Å²) in [6.07, 6.45) is 1.37. The van der Waals surface area contributed by atoms with Gasteiger partial charge < -0.3 is 9.84 Å². The highest BCUT2D eigenvalue weighted by Gasteiger charge is 2.17. The van der Waals surface area contributed by atoms with Gasteiger partial charge in [-0.2, -0.15) is 0 Å². The second-order valence-corrected chi connectivity index (χ2v) is 4.17. The van der Waals surface area contributed by atoms with Gasteiger partial charge in [-0.3, -0.25) is 0 Å². The Balaban J connectivity index is 2.62. The summed E-state index contributed by atoms with van der Waals surface area (Å²) >= 11 is 0. The van der Waals surface area contributed by atoms with Crippen molar-refractivity contribution in [3.05, 3.63) is 41.3 Å². The lowest BCUT2D eigenvalue weighted by Gasteiger charge is -2.10. The number of aromatic carboxylic acids is 1. The zero-order chi connectivity index (χ0) is 14.0. The molecular formula is C14H14N2O3. The molecule has 2 aromatic rings. The van der Waals surface area contributed by atoms with Gasteiger partial charge in [0.15, 0.2) is 0 Å². The number of nitrogens with zero attached hydrogens (tertiary/aromatic N) is 2. The zero-order valence-electron chi connectivity index (χ0n) is 11.0. The first-order valence-electron chi connectivity index (χ1n) is 5.74. The van der Waals surface area contributed by atoms with Gasteiger partial charge in [0.2, 0.25) is 0 Å². The van der Waals surface area contributed by atoms with E-state index in [4.69, 9.17) is 4.74 Å². The lowest BCUT2D eigenvalue weighted by Crippen LogP contribution is -2.06. The second-order valence-electron chi connectivity index (χ2n) is 4.17. The number of methoxy groups -OCH3 is 1. The number of ether oxygens (including phenoxy) is 1. The predicted molar refractivity (Wildman–Crippen MR) is 70.5 cm³/mol. The highest BCUT2D eigenvalue weighted by molar-refractivity contribution is 5.95. The fourth-order valence-corrected chi connectivity index (χ4v) is 1.97. The van der Waals surface area contributed by atoms with Crippen molar-refractivity contribution in [3.63, 3.8) is 0 Å². The fourth-order valence-electron chi connectivity index (χ4n) is 1.97. The molecule has 1 aromatic carbocycles. The summed E-state index contributed by atoms with van der Waals surface area (Å²) in [5, 5.41) is 9.27.